The minimum Gasteiger partial charge on any atom is -0.457 e. The Hall–Kier alpha value is -8.05. The van der Waals surface area contributed by atoms with Gasteiger partial charge in [-0.3, -0.25) is 0 Å². The quantitative estimate of drug-likeness (QED) is 0.134. The number of halogens is 9. The molecule has 0 atom stereocenters. The first kappa shape index (κ1) is 60.2. The molecule has 9 rings (SSSR count). The number of ether oxygens (including phenoxy) is 2. The van der Waals surface area contributed by atoms with Crippen LogP contribution in [0.5, 0.6) is 23.0 Å². The largest absolute Gasteiger partial charge is 0.457 e. The van der Waals surface area contributed by atoms with Crippen molar-refractivity contribution in [1.82, 2.24) is 0 Å². The zero-order valence-electron chi connectivity index (χ0n) is 45.6. The molecule has 0 aliphatic heterocycles. The van der Waals surface area contributed by atoms with Crippen LogP contribution in [0.2, 0.25) is 0 Å². The summed E-state index contributed by atoms with van der Waals surface area (Å²) in [7, 11) is 0. The minimum absolute atomic E-state index is 0.246. The van der Waals surface area contributed by atoms with Gasteiger partial charge in [-0.1, -0.05) is 191 Å². The lowest BCUT2D eigenvalue weighted by Gasteiger charge is -2.38. The predicted octanol–water partition coefficient (Wildman–Crippen LogP) is 20.8. The molecule has 0 aliphatic carbocycles. The molecule has 79 heavy (non-hydrogen) atoms. The van der Waals surface area contributed by atoms with Crippen LogP contribution in [0.4, 0.5) is 39.5 Å². The van der Waals surface area contributed by atoms with Crippen LogP contribution in [-0.2, 0) is 18.0 Å². The lowest BCUT2D eigenvalue weighted by atomic mass is 9.72. The molecule has 9 aromatic carbocycles. The van der Waals surface area contributed by atoms with E-state index in [0.717, 1.165) is 64.8 Å². The fourth-order valence-corrected chi connectivity index (χ4v) is 8.94. The zero-order valence-corrected chi connectivity index (χ0v) is 45.6. The molecule has 0 unspecified atom stereocenters. The summed E-state index contributed by atoms with van der Waals surface area (Å²) in [6, 6.07) is 59.5. The summed E-state index contributed by atoms with van der Waals surface area (Å²) in [5.74, 6) is 3.17. The van der Waals surface area contributed by atoms with Gasteiger partial charge < -0.3 is 9.47 Å². The first-order valence-corrected chi connectivity index (χ1v) is 25.5. The van der Waals surface area contributed by atoms with Gasteiger partial charge in [0.1, 0.15) is 23.0 Å². The Morgan fingerprint density at radius 1 is 0.304 bits per heavy atom. The predicted molar refractivity (Wildman–Crippen MR) is 300 cm³/mol. The van der Waals surface area contributed by atoms with Crippen LogP contribution >= 0.6 is 0 Å². The highest BCUT2D eigenvalue weighted by Gasteiger charge is 2.72. The normalized spacial score (nSPS) is 11.5. The summed E-state index contributed by atoms with van der Waals surface area (Å²) < 4.78 is 133. The number of benzene rings is 9. The Bertz CT molecular complexity index is 3260. The fraction of sp³-hybridized carbons (Fsp3) is 0.206. The van der Waals surface area contributed by atoms with E-state index in [4.69, 9.17) is 9.47 Å². The average molecular weight is 1080 g/mol. The molecular formula is C68H63F9O2. The monoisotopic (exact) mass is 1080 g/mol. The average Bonchev–Trinajstić information content (AvgIpc) is 3.40. The lowest BCUT2D eigenvalue weighted by Crippen LogP contribution is -2.54. The third-order valence-corrected chi connectivity index (χ3v) is 12.8. The molecule has 0 amide bonds. The van der Waals surface area contributed by atoms with E-state index in [1.165, 1.54) is 63.7 Å². The van der Waals surface area contributed by atoms with E-state index in [9.17, 15) is 39.5 Å². The maximum absolute atomic E-state index is 13.7. The van der Waals surface area contributed by atoms with Crippen molar-refractivity contribution in [3.63, 3.8) is 0 Å². The van der Waals surface area contributed by atoms with Gasteiger partial charge in [-0.15, -0.1) is 0 Å². The lowest BCUT2D eigenvalue weighted by molar-refractivity contribution is -0.288. The molecule has 0 radical (unpaired) electrons. The molecule has 410 valence electrons. The standard InChI is InChI=1S/C20H18O2.C17H14F6.C16H15F3.C15H16/c1-15-6-3-8-17(12-15)21-19-10-5-11-20(14-19)22-18-9-4-7-16(2)13-18;1-11-3-7-13(8-4-11)15(16(18,19)20,17(21,22)23)14-9-5-12(2)6-10-14;1-10-4-6-13(12(3)8-10)14-7-5-11(2)9-15(14)16(17,18)19;1-12-5-3-7-14(9-12)11-15-8-4-6-13(2)10-15/h3-14H,1-2H3;3-10H,1-2H3;4-9H,1-3H3;3-10H,11H2,1-2H3. The van der Waals surface area contributed by atoms with E-state index in [1.807, 2.05) is 113 Å². The third-order valence-electron chi connectivity index (χ3n) is 12.8. The first-order chi connectivity index (χ1) is 37.2. The van der Waals surface area contributed by atoms with Gasteiger partial charge in [0.25, 0.3) is 0 Å². The fourth-order valence-electron chi connectivity index (χ4n) is 8.94. The summed E-state index contributed by atoms with van der Waals surface area (Å²) >= 11 is 0. The Morgan fingerprint density at radius 2 is 0.633 bits per heavy atom. The van der Waals surface area contributed by atoms with E-state index >= 15 is 0 Å². The zero-order chi connectivity index (χ0) is 57.7. The van der Waals surface area contributed by atoms with Crippen molar-refractivity contribution in [1.29, 1.82) is 0 Å². The molecular weight excluding hydrogens is 1020 g/mol. The Morgan fingerprint density at radius 3 is 1.00 bits per heavy atom. The van der Waals surface area contributed by atoms with Crippen molar-refractivity contribution in [3.05, 3.63) is 284 Å². The summed E-state index contributed by atoms with van der Waals surface area (Å²) in [6.45, 7) is 17.0. The number of rotatable bonds is 9. The van der Waals surface area contributed by atoms with Crippen LogP contribution in [0.25, 0.3) is 11.1 Å². The van der Waals surface area contributed by atoms with E-state index in [2.05, 4.69) is 62.4 Å². The van der Waals surface area contributed by atoms with Crippen molar-refractivity contribution < 1.29 is 49.0 Å². The molecule has 0 fully saturated rings. The van der Waals surface area contributed by atoms with E-state index < -0.39 is 40.6 Å². The van der Waals surface area contributed by atoms with Gasteiger partial charge >= 0.3 is 18.5 Å². The second kappa shape index (κ2) is 26.1. The van der Waals surface area contributed by atoms with Crippen LogP contribution in [0.15, 0.2) is 206 Å². The Labute approximate surface area is 458 Å². The summed E-state index contributed by atoms with van der Waals surface area (Å²) in [5, 5.41) is 0. The van der Waals surface area contributed by atoms with Crippen LogP contribution in [0, 0.1) is 62.3 Å². The topological polar surface area (TPSA) is 18.5 Å². The van der Waals surface area contributed by atoms with Crippen LogP contribution in [0.1, 0.15) is 77.9 Å². The van der Waals surface area contributed by atoms with E-state index in [-0.39, 0.29) is 5.56 Å². The van der Waals surface area contributed by atoms with Gasteiger partial charge in [-0.2, -0.15) is 39.5 Å². The minimum atomic E-state index is -5.53. The van der Waals surface area contributed by atoms with Crippen molar-refractivity contribution in [2.24, 2.45) is 0 Å². The number of hydrogen-bond donors (Lipinski definition) is 0. The van der Waals surface area contributed by atoms with Crippen molar-refractivity contribution in [3.8, 4) is 34.1 Å². The summed E-state index contributed by atoms with van der Waals surface area (Å²) in [4.78, 5) is 0. The van der Waals surface area contributed by atoms with Gasteiger partial charge in [0.05, 0.1) is 5.56 Å². The molecule has 0 bridgehead atoms. The Kier molecular flexibility index (Phi) is 19.9. The molecule has 0 heterocycles. The highest BCUT2D eigenvalue weighted by Crippen LogP contribution is 2.56. The molecule has 11 heteroatoms. The van der Waals surface area contributed by atoms with Gasteiger partial charge in [-0.05, 0) is 161 Å². The molecule has 0 aromatic heterocycles. The third kappa shape index (κ3) is 16.5. The van der Waals surface area contributed by atoms with Crippen LogP contribution < -0.4 is 9.47 Å². The molecule has 0 aliphatic rings. The Balaban J connectivity index is 0.000000172. The second-order valence-electron chi connectivity index (χ2n) is 19.8. The number of aryl methyl sites for hydroxylation is 9. The number of hydrogen-bond acceptors (Lipinski definition) is 2. The van der Waals surface area contributed by atoms with Gasteiger partial charge in [-0.25, -0.2) is 0 Å². The van der Waals surface area contributed by atoms with Crippen molar-refractivity contribution >= 4 is 0 Å². The smallest absolute Gasteiger partial charge is 0.417 e. The van der Waals surface area contributed by atoms with E-state index in [1.54, 1.807) is 39.0 Å². The van der Waals surface area contributed by atoms with Gasteiger partial charge in [0, 0.05) is 6.07 Å². The molecule has 0 saturated heterocycles. The maximum atomic E-state index is 13.7. The molecule has 0 saturated carbocycles. The van der Waals surface area contributed by atoms with Gasteiger partial charge in [0.2, 0.25) is 5.41 Å². The molecule has 0 spiro atoms. The van der Waals surface area contributed by atoms with Crippen LogP contribution in [0.3, 0.4) is 0 Å². The van der Waals surface area contributed by atoms with Crippen LogP contribution in [-0.4, -0.2) is 12.4 Å². The number of alkyl halides is 9. The summed E-state index contributed by atoms with van der Waals surface area (Å²) in [6.07, 6.45) is -14.4. The second-order valence-corrected chi connectivity index (χ2v) is 19.8. The molecule has 9 aromatic rings. The van der Waals surface area contributed by atoms with Crippen molar-refractivity contribution in [2.45, 2.75) is 92.7 Å². The molecule has 2 nitrogen and oxygen atoms in total. The summed E-state index contributed by atoms with van der Waals surface area (Å²) in [5.41, 5.74) is 6.04. The highest BCUT2D eigenvalue weighted by atomic mass is 19.4. The highest BCUT2D eigenvalue weighted by molar-refractivity contribution is 5.72. The van der Waals surface area contributed by atoms with E-state index in [0.29, 0.717) is 22.3 Å². The van der Waals surface area contributed by atoms with Gasteiger partial charge in [0.15, 0.2) is 0 Å². The van der Waals surface area contributed by atoms with Crippen molar-refractivity contribution in [2.75, 3.05) is 0 Å². The SMILES string of the molecule is Cc1ccc(-c2ccc(C)cc2C(F)(F)F)c(C)c1.Cc1ccc(C(c2ccc(C)cc2)(C(F)(F)F)C(F)(F)F)cc1.Cc1cccc(Cc2cccc(C)c2)c1.Cc1cccc(Oc2cccc(Oc3cccc(C)c3)c2)c1. The molecule has 0 N–H and O–H groups in total. The first-order valence-electron chi connectivity index (χ1n) is 25.5. The maximum Gasteiger partial charge on any atom is 0.417 e.